The van der Waals surface area contributed by atoms with E-state index in [9.17, 15) is 9.59 Å². The number of carbonyl (C=O) groups is 2. The number of rotatable bonds is 5. The average molecular weight is 287 g/mol. The average Bonchev–Trinajstić information content (AvgIpc) is 2.92. The Morgan fingerprint density at radius 2 is 1.95 bits per heavy atom. The van der Waals surface area contributed by atoms with Gasteiger partial charge in [0.05, 0.1) is 11.6 Å². The SMILES string of the molecule is CC(NNc1cc(C)cc(C)c1)=C1CNCC1C(=O)C=O. The summed E-state index contributed by atoms with van der Waals surface area (Å²) in [5.74, 6) is -0.724. The minimum atomic E-state index is -0.373. The van der Waals surface area contributed by atoms with Gasteiger partial charge >= 0.3 is 0 Å². The molecule has 1 aliphatic heterocycles. The molecule has 1 aliphatic rings. The van der Waals surface area contributed by atoms with E-state index in [2.05, 4.69) is 22.2 Å². The minimum Gasteiger partial charge on any atom is -0.312 e. The number of aldehydes is 1. The number of anilines is 1. The first-order chi connectivity index (χ1) is 10.0. The largest absolute Gasteiger partial charge is 0.312 e. The van der Waals surface area contributed by atoms with Crippen LogP contribution in [-0.2, 0) is 9.59 Å². The number of hydrazine groups is 1. The molecular formula is C16H21N3O2. The molecule has 2 rings (SSSR count). The van der Waals surface area contributed by atoms with Crippen LogP contribution in [0.1, 0.15) is 18.1 Å². The highest BCUT2D eigenvalue weighted by atomic mass is 16.2. The second kappa shape index (κ2) is 6.54. The number of Topliss-reactive ketones (excluding diaryl/α,β-unsaturated/α-hetero) is 1. The van der Waals surface area contributed by atoms with E-state index in [0.29, 0.717) is 19.4 Å². The number of carbonyl (C=O) groups excluding carboxylic acids is 2. The molecule has 21 heavy (non-hydrogen) atoms. The zero-order chi connectivity index (χ0) is 15.4. The topological polar surface area (TPSA) is 70.2 Å². The van der Waals surface area contributed by atoms with Crippen LogP contribution in [0.5, 0.6) is 0 Å². The highest BCUT2D eigenvalue weighted by molar-refractivity contribution is 6.27. The maximum atomic E-state index is 11.6. The Balaban J connectivity index is 2.09. The molecule has 1 aromatic carbocycles. The van der Waals surface area contributed by atoms with E-state index >= 15 is 0 Å². The molecule has 0 spiro atoms. The van der Waals surface area contributed by atoms with Gasteiger partial charge in [-0.05, 0) is 49.6 Å². The van der Waals surface area contributed by atoms with Crippen molar-refractivity contribution in [2.45, 2.75) is 20.8 Å². The lowest BCUT2D eigenvalue weighted by Crippen LogP contribution is -2.25. The van der Waals surface area contributed by atoms with E-state index in [1.807, 2.05) is 32.9 Å². The number of nitrogens with one attached hydrogen (secondary N) is 3. The van der Waals surface area contributed by atoms with Crippen molar-refractivity contribution < 1.29 is 9.59 Å². The Hall–Kier alpha value is -2.14. The zero-order valence-corrected chi connectivity index (χ0v) is 12.6. The fourth-order valence-corrected chi connectivity index (χ4v) is 2.64. The van der Waals surface area contributed by atoms with Gasteiger partial charge in [0.25, 0.3) is 0 Å². The molecule has 0 amide bonds. The number of aryl methyl sites for hydroxylation is 2. The molecular weight excluding hydrogens is 266 g/mol. The Kier molecular flexibility index (Phi) is 4.75. The van der Waals surface area contributed by atoms with Crippen LogP contribution in [0.3, 0.4) is 0 Å². The second-order valence-electron chi connectivity index (χ2n) is 5.48. The van der Waals surface area contributed by atoms with Crippen molar-refractivity contribution in [2.75, 3.05) is 18.5 Å². The predicted molar refractivity (Wildman–Crippen MR) is 82.8 cm³/mol. The molecule has 5 nitrogen and oxygen atoms in total. The standard InChI is InChI=1S/C16H21N3O2/c1-10-4-11(2)6-13(5-10)19-18-12(3)14-7-17-8-15(14)16(21)9-20/h4-6,9,15,17-19H,7-8H2,1-3H3. The summed E-state index contributed by atoms with van der Waals surface area (Å²) in [5, 5.41) is 3.13. The van der Waals surface area contributed by atoms with Crippen molar-refractivity contribution >= 4 is 17.8 Å². The van der Waals surface area contributed by atoms with Crippen LogP contribution in [0.25, 0.3) is 0 Å². The summed E-state index contributed by atoms with van der Waals surface area (Å²) < 4.78 is 0. The lowest BCUT2D eigenvalue weighted by molar-refractivity contribution is -0.131. The molecule has 3 N–H and O–H groups in total. The van der Waals surface area contributed by atoms with Crippen molar-refractivity contribution in [3.8, 4) is 0 Å². The molecule has 0 radical (unpaired) electrons. The fraction of sp³-hybridized carbons (Fsp3) is 0.375. The number of benzene rings is 1. The molecule has 0 aliphatic carbocycles. The van der Waals surface area contributed by atoms with Gasteiger partial charge in [-0.1, -0.05) is 6.07 Å². The molecule has 1 heterocycles. The molecule has 1 aromatic rings. The Morgan fingerprint density at radius 3 is 2.57 bits per heavy atom. The Morgan fingerprint density at radius 1 is 1.29 bits per heavy atom. The molecule has 5 heteroatoms. The van der Waals surface area contributed by atoms with E-state index in [4.69, 9.17) is 0 Å². The molecule has 0 aromatic heterocycles. The Bertz CT molecular complexity index is 573. The van der Waals surface area contributed by atoms with Crippen LogP contribution in [0.2, 0.25) is 0 Å². The van der Waals surface area contributed by atoms with Gasteiger partial charge in [-0.25, -0.2) is 0 Å². The first-order valence-corrected chi connectivity index (χ1v) is 7.01. The minimum absolute atomic E-state index is 0.351. The van der Waals surface area contributed by atoms with Crippen molar-refractivity contribution in [2.24, 2.45) is 5.92 Å². The van der Waals surface area contributed by atoms with Crippen molar-refractivity contribution in [3.63, 3.8) is 0 Å². The third kappa shape index (κ3) is 3.70. The Labute approximate surface area is 124 Å². The quantitative estimate of drug-likeness (QED) is 0.435. The third-order valence-corrected chi connectivity index (χ3v) is 3.64. The highest BCUT2D eigenvalue weighted by Crippen LogP contribution is 2.19. The lowest BCUT2D eigenvalue weighted by Gasteiger charge is -2.15. The van der Waals surface area contributed by atoms with Crippen LogP contribution in [-0.4, -0.2) is 25.2 Å². The molecule has 112 valence electrons. The number of allylic oxidation sites excluding steroid dienone is 1. The molecule has 1 atom stereocenters. The summed E-state index contributed by atoms with van der Waals surface area (Å²) in [6, 6.07) is 6.19. The third-order valence-electron chi connectivity index (χ3n) is 3.64. The summed E-state index contributed by atoms with van der Waals surface area (Å²) in [6.45, 7) is 7.14. The first-order valence-electron chi connectivity index (χ1n) is 7.01. The molecule has 0 bridgehead atoms. The van der Waals surface area contributed by atoms with Crippen LogP contribution in [0.4, 0.5) is 5.69 Å². The monoisotopic (exact) mass is 287 g/mol. The van der Waals surface area contributed by atoms with Gasteiger partial charge < -0.3 is 16.2 Å². The van der Waals surface area contributed by atoms with E-state index in [1.54, 1.807) is 0 Å². The van der Waals surface area contributed by atoms with Gasteiger partial charge in [-0.3, -0.25) is 9.59 Å². The smallest absolute Gasteiger partial charge is 0.203 e. The maximum Gasteiger partial charge on any atom is 0.203 e. The van der Waals surface area contributed by atoms with E-state index in [0.717, 1.165) is 17.0 Å². The fourth-order valence-electron chi connectivity index (χ4n) is 2.64. The number of ketones is 1. The van der Waals surface area contributed by atoms with E-state index < -0.39 is 0 Å². The van der Waals surface area contributed by atoms with Crippen LogP contribution >= 0.6 is 0 Å². The predicted octanol–water partition coefficient (Wildman–Crippen LogP) is 1.48. The summed E-state index contributed by atoms with van der Waals surface area (Å²) in [6.07, 6.45) is 0.405. The van der Waals surface area contributed by atoms with Gasteiger partial charge in [0.2, 0.25) is 5.78 Å². The lowest BCUT2D eigenvalue weighted by atomic mass is 9.97. The van der Waals surface area contributed by atoms with Gasteiger partial charge in [0.15, 0.2) is 6.29 Å². The molecule has 1 saturated heterocycles. The maximum absolute atomic E-state index is 11.6. The normalized spacial score (nSPS) is 20.0. The summed E-state index contributed by atoms with van der Waals surface area (Å²) in [7, 11) is 0. The first kappa shape index (κ1) is 15.3. The van der Waals surface area contributed by atoms with Crippen LogP contribution in [0, 0.1) is 19.8 Å². The van der Waals surface area contributed by atoms with Gasteiger partial charge in [0.1, 0.15) is 0 Å². The molecule has 1 unspecified atom stereocenters. The summed E-state index contributed by atoms with van der Waals surface area (Å²) in [5.41, 5.74) is 11.4. The van der Waals surface area contributed by atoms with Crippen molar-refractivity contribution in [1.29, 1.82) is 0 Å². The van der Waals surface area contributed by atoms with Gasteiger partial charge in [0, 0.05) is 18.8 Å². The van der Waals surface area contributed by atoms with Crippen molar-refractivity contribution in [1.82, 2.24) is 10.7 Å². The van der Waals surface area contributed by atoms with E-state index in [1.165, 1.54) is 11.1 Å². The highest BCUT2D eigenvalue weighted by Gasteiger charge is 2.28. The number of hydrogen-bond donors (Lipinski definition) is 3. The van der Waals surface area contributed by atoms with Gasteiger partial charge in [-0.15, -0.1) is 0 Å². The van der Waals surface area contributed by atoms with Crippen LogP contribution < -0.4 is 16.2 Å². The second-order valence-corrected chi connectivity index (χ2v) is 5.48. The molecule has 0 saturated carbocycles. The van der Waals surface area contributed by atoms with Crippen LogP contribution in [0.15, 0.2) is 29.5 Å². The van der Waals surface area contributed by atoms with Crippen molar-refractivity contribution in [3.05, 3.63) is 40.6 Å². The van der Waals surface area contributed by atoms with Gasteiger partial charge in [-0.2, -0.15) is 0 Å². The summed E-state index contributed by atoms with van der Waals surface area (Å²) in [4.78, 5) is 22.3. The number of hydrogen-bond acceptors (Lipinski definition) is 5. The zero-order valence-electron chi connectivity index (χ0n) is 12.6. The van der Waals surface area contributed by atoms with E-state index in [-0.39, 0.29) is 11.7 Å². The molecule has 1 fully saturated rings. The summed E-state index contributed by atoms with van der Waals surface area (Å²) >= 11 is 0.